The molecule has 0 atom stereocenters. The summed E-state index contributed by atoms with van der Waals surface area (Å²) < 4.78 is 24.7. The minimum Gasteiger partial charge on any atom is -0.488 e. The number of carbonyl (C=O) groups excluding carboxylic acids is 1. The number of hydrogen-bond donors (Lipinski definition) is 0. The van der Waals surface area contributed by atoms with E-state index >= 15 is 0 Å². The van der Waals surface area contributed by atoms with Gasteiger partial charge in [-0.1, -0.05) is 12.1 Å². The van der Waals surface area contributed by atoms with Crippen LogP contribution in [0.15, 0.2) is 66.7 Å². The lowest BCUT2D eigenvalue weighted by Crippen LogP contribution is -1.98. The molecule has 27 heavy (non-hydrogen) atoms. The Labute approximate surface area is 155 Å². The van der Waals surface area contributed by atoms with Crippen molar-refractivity contribution in [3.8, 4) is 11.5 Å². The quantitative estimate of drug-likeness (QED) is 0.631. The number of allylic oxidation sites excluding steroid dienone is 1. The van der Waals surface area contributed by atoms with Gasteiger partial charge in [-0.05, 0) is 60.5 Å². The van der Waals surface area contributed by atoms with E-state index in [2.05, 4.69) is 4.98 Å². The first-order chi connectivity index (χ1) is 13.1. The summed E-state index contributed by atoms with van der Waals surface area (Å²) in [5, 5.41) is 0. The standard InChI is InChI=1S/C22H16FNO3/c1-14-19(26-13-16-2-4-17(23)5-3-16)7-6-18-21(25)20(27-22(14)18)12-15-8-10-24-11-9-15/h2-12H,13H2,1H3/b20-12-. The van der Waals surface area contributed by atoms with Gasteiger partial charge in [0.25, 0.3) is 0 Å². The second-order valence-corrected chi connectivity index (χ2v) is 6.20. The van der Waals surface area contributed by atoms with E-state index in [1.807, 2.05) is 6.92 Å². The molecule has 0 N–H and O–H groups in total. The zero-order chi connectivity index (χ0) is 18.8. The molecule has 134 valence electrons. The highest BCUT2D eigenvalue weighted by molar-refractivity contribution is 6.14. The van der Waals surface area contributed by atoms with Crippen LogP contribution in [0, 0.1) is 12.7 Å². The number of Topliss-reactive ketones (excluding diaryl/α,β-unsaturated/α-hetero) is 1. The minimum absolute atomic E-state index is 0.157. The highest BCUT2D eigenvalue weighted by Crippen LogP contribution is 2.39. The van der Waals surface area contributed by atoms with Gasteiger partial charge in [-0.15, -0.1) is 0 Å². The number of ether oxygens (including phenoxy) is 2. The van der Waals surface area contributed by atoms with Gasteiger partial charge in [-0.3, -0.25) is 9.78 Å². The number of nitrogens with zero attached hydrogens (tertiary/aromatic N) is 1. The van der Waals surface area contributed by atoms with E-state index in [1.54, 1.807) is 54.9 Å². The first kappa shape index (κ1) is 17.0. The number of halogens is 1. The predicted molar refractivity (Wildman–Crippen MR) is 99.1 cm³/mol. The fourth-order valence-corrected chi connectivity index (χ4v) is 2.88. The van der Waals surface area contributed by atoms with Crippen molar-refractivity contribution >= 4 is 11.9 Å². The number of aromatic nitrogens is 1. The summed E-state index contributed by atoms with van der Waals surface area (Å²) in [7, 11) is 0. The SMILES string of the molecule is Cc1c(OCc2ccc(F)cc2)ccc2c1O/C(=C\c1ccncc1)C2=O. The van der Waals surface area contributed by atoms with Crippen LogP contribution in [-0.4, -0.2) is 10.8 Å². The molecule has 0 fully saturated rings. The zero-order valence-electron chi connectivity index (χ0n) is 14.6. The lowest BCUT2D eigenvalue weighted by molar-refractivity contribution is 0.101. The third-order valence-corrected chi connectivity index (χ3v) is 4.35. The largest absolute Gasteiger partial charge is 0.488 e. The van der Waals surface area contributed by atoms with E-state index in [-0.39, 0.29) is 17.4 Å². The van der Waals surface area contributed by atoms with Crippen LogP contribution < -0.4 is 9.47 Å². The van der Waals surface area contributed by atoms with Gasteiger partial charge in [0.1, 0.15) is 23.9 Å². The van der Waals surface area contributed by atoms with Crippen molar-refractivity contribution in [3.05, 3.63) is 94.8 Å². The van der Waals surface area contributed by atoms with Crippen molar-refractivity contribution < 1.29 is 18.7 Å². The molecule has 0 saturated carbocycles. The van der Waals surface area contributed by atoms with Gasteiger partial charge >= 0.3 is 0 Å². The van der Waals surface area contributed by atoms with E-state index in [1.165, 1.54) is 12.1 Å². The third-order valence-electron chi connectivity index (χ3n) is 4.35. The molecule has 1 aliphatic rings. The lowest BCUT2D eigenvalue weighted by Gasteiger charge is -2.11. The van der Waals surface area contributed by atoms with Gasteiger partial charge in [0.05, 0.1) is 5.56 Å². The van der Waals surface area contributed by atoms with Crippen LogP contribution in [0.5, 0.6) is 11.5 Å². The van der Waals surface area contributed by atoms with E-state index < -0.39 is 0 Å². The van der Waals surface area contributed by atoms with Gasteiger partial charge in [0, 0.05) is 18.0 Å². The van der Waals surface area contributed by atoms with Crippen LogP contribution in [0.4, 0.5) is 4.39 Å². The molecule has 0 saturated heterocycles. The number of fused-ring (bicyclic) bond motifs is 1. The Morgan fingerprint density at radius 1 is 1.07 bits per heavy atom. The molecule has 2 heterocycles. The van der Waals surface area contributed by atoms with Crippen LogP contribution in [0.2, 0.25) is 0 Å². The zero-order valence-corrected chi connectivity index (χ0v) is 14.6. The van der Waals surface area contributed by atoms with Gasteiger partial charge in [0.2, 0.25) is 5.78 Å². The van der Waals surface area contributed by atoms with Crippen molar-refractivity contribution in [2.24, 2.45) is 0 Å². The van der Waals surface area contributed by atoms with Crippen LogP contribution >= 0.6 is 0 Å². The molecule has 0 radical (unpaired) electrons. The Morgan fingerprint density at radius 3 is 2.56 bits per heavy atom. The Hall–Kier alpha value is -3.47. The monoisotopic (exact) mass is 361 g/mol. The van der Waals surface area contributed by atoms with Crippen molar-refractivity contribution in [2.75, 3.05) is 0 Å². The average molecular weight is 361 g/mol. The summed E-state index contributed by atoms with van der Waals surface area (Å²) in [6, 6.07) is 13.2. The normalized spacial score (nSPS) is 14.1. The maximum atomic E-state index is 13.0. The van der Waals surface area contributed by atoms with E-state index in [4.69, 9.17) is 9.47 Å². The number of ketones is 1. The summed E-state index contributed by atoms with van der Waals surface area (Å²) in [5.74, 6) is 0.964. The summed E-state index contributed by atoms with van der Waals surface area (Å²) in [4.78, 5) is 16.6. The number of hydrogen-bond acceptors (Lipinski definition) is 4. The van der Waals surface area contributed by atoms with Crippen molar-refractivity contribution in [2.45, 2.75) is 13.5 Å². The second kappa shape index (κ2) is 7.03. The fourth-order valence-electron chi connectivity index (χ4n) is 2.88. The van der Waals surface area contributed by atoms with E-state index in [0.29, 0.717) is 23.7 Å². The Kier molecular flexibility index (Phi) is 4.42. The maximum absolute atomic E-state index is 13.0. The second-order valence-electron chi connectivity index (χ2n) is 6.20. The smallest absolute Gasteiger partial charge is 0.231 e. The molecular formula is C22H16FNO3. The highest BCUT2D eigenvalue weighted by atomic mass is 19.1. The molecule has 4 nitrogen and oxygen atoms in total. The molecule has 0 unspecified atom stereocenters. The maximum Gasteiger partial charge on any atom is 0.231 e. The lowest BCUT2D eigenvalue weighted by atomic mass is 10.1. The fraction of sp³-hybridized carbons (Fsp3) is 0.0909. The van der Waals surface area contributed by atoms with Crippen molar-refractivity contribution in [1.82, 2.24) is 4.98 Å². The van der Waals surface area contributed by atoms with Gasteiger partial charge in [-0.2, -0.15) is 0 Å². The average Bonchev–Trinajstić information content (AvgIpc) is 3.00. The van der Waals surface area contributed by atoms with Gasteiger partial charge in [-0.25, -0.2) is 4.39 Å². The molecule has 0 aliphatic carbocycles. The molecule has 0 bridgehead atoms. The molecule has 5 heteroatoms. The van der Waals surface area contributed by atoms with Crippen LogP contribution in [0.1, 0.15) is 27.0 Å². The number of pyridine rings is 1. The van der Waals surface area contributed by atoms with E-state index in [9.17, 15) is 9.18 Å². The Morgan fingerprint density at radius 2 is 1.81 bits per heavy atom. The molecule has 4 rings (SSSR count). The van der Waals surface area contributed by atoms with Crippen LogP contribution in [0.25, 0.3) is 6.08 Å². The molecule has 0 spiro atoms. The third kappa shape index (κ3) is 3.44. The number of benzene rings is 2. The summed E-state index contributed by atoms with van der Waals surface area (Å²) in [5.41, 5.74) is 2.96. The highest BCUT2D eigenvalue weighted by Gasteiger charge is 2.30. The molecular weight excluding hydrogens is 345 g/mol. The van der Waals surface area contributed by atoms with Gasteiger partial charge < -0.3 is 9.47 Å². The van der Waals surface area contributed by atoms with Gasteiger partial charge in [0.15, 0.2) is 5.76 Å². The number of rotatable bonds is 4. The Balaban J connectivity index is 1.56. The molecule has 0 amide bonds. The topological polar surface area (TPSA) is 48.4 Å². The van der Waals surface area contributed by atoms with Crippen molar-refractivity contribution in [3.63, 3.8) is 0 Å². The predicted octanol–water partition coefficient (Wildman–Crippen LogP) is 4.72. The molecule has 3 aromatic rings. The van der Waals surface area contributed by atoms with Crippen LogP contribution in [0.3, 0.4) is 0 Å². The van der Waals surface area contributed by atoms with Crippen LogP contribution in [-0.2, 0) is 6.61 Å². The van der Waals surface area contributed by atoms with Crippen molar-refractivity contribution in [1.29, 1.82) is 0 Å². The first-order valence-electron chi connectivity index (χ1n) is 8.47. The molecule has 2 aromatic carbocycles. The Bertz CT molecular complexity index is 1030. The first-order valence-corrected chi connectivity index (χ1v) is 8.47. The summed E-state index contributed by atoms with van der Waals surface area (Å²) in [6.07, 6.45) is 5.01. The minimum atomic E-state index is -0.284. The van der Waals surface area contributed by atoms with E-state index in [0.717, 1.165) is 16.7 Å². The molecule has 1 aromatic heterocycles. The summed E-state index contributed by atoms with van der Waals surface area (Å²) >= 11 is 0. The summed E-state index contributed by atoms with van der Waals surface area (Å²) in [6.45, 7) is 2.15. The molecule has 1 aliphatic heterocycles. The number of carbonyl (C=O) groups is 1.